The smallest absolute Gasteiger partial charge is 0.127 e. The summed E-state index contributed by atoms with van der Waals surface area (Å²) in [6.45, 7) is 9.91. The van der Waals surface area contributed by atoms with E-state index < -0.39 is 0 Å². The monoisotopic (exact) mass is 266 g/mol. The molecule has 1 unspecified atom stereocenters. The number of benzene rings is 1. The van der Waals surface area contributed by atoms with Gasteiger partial charge in [0, 0.05) is 25.2 Å². The molecule has 1 aromatic rings. The molecular formula is C16H27FN2. The lowest BCUT2D eigenvalue weighted by atomic mass is 10.1. The zero-order valence-electron chi connectivity index (χ0n) is 12.7. The third-order valence-corrected chi connectivity index (χ3v) is 3.45. The normalized spacial score (nSPS) is 12.9. The van der Waals surface area contributed by atoms with Gasteiger partial charge in [-0.15, -0.1) is 0 Å². The molecule has 1 N–H and O–H groups in total. The van der Waals surface area contributed by atoms with Gasteiger partial charge >= 0.3 is 0 Å². The Labute approximate surface area is 117 Å². The fourth-order valence-corrected chi connectivity index (χ4v) is 2.15. The van der Waals surface area contributed by atoms with Gasteiger partial charge in [-0.05, 0) is 31.1 Å². The summed E-state index contributed by atoms with van der Waals surface area (Å²) in [6.07, 6.45) is 1.16. The van der Waals surface area contributed by atoms with Gasteiger partial charge in [-0.2, -0.15) is 0 Å². The fourth-order valence-electron chi connectivity index (χ4n) is 2.15. The Morgan fingerprint density at radius 2 is 2.05 bits per heavy atom. The van der Waals surface area contributed by atoms with Crippen molar-refractivity contribution in [1.82, 2.24) is 10.2 Å². The Hall–Kier alpha value is -0.930. The summed E-state index contributed by atoms with van der Waals surface area (Å²) in [4.78, 5) is 2.20. The lowest BCUT2D eigenvalue weighted by Crippen LogP contribution is -2.24. The summed E-state index contributed by atoms with van der Waals surface area (Å²) >= 11 is 0. The maximum absolute atomic E-state index is 13.8. The number of nitrogens with one attached hydrogen (secondary N) is 1. The molecule has 0 spiro atoms. The van der Waals surface area contributed by atoms with E-state index in [-0.39, 0.29) is 5.82 Å². The average molecular weight is 266 g/mol. The summed E-state index contributed by atoms with van der Waals surface area (Å²) in [6, 6.07) is 5.42. The molecule has 1 atom stereocenters. The van der Waals surface area contributed by atoms with Crippen LogP contribution >= 0.6 is 0 Å². The van der Waals surface area contributed by atoms with E-state index in [0.29, 0.717) is 12.5 Å². The molecule has 0 aromatic heterocycles. The van der Waals surface area contributed by atoms with Crippen LogP contribution < -0.4 is 5.32 Å². The van der Waals surface area contributed by atoms with Crippen molar-refractivity contribution in [2.75, 3.05) is 20.1 Å². The molecular weight excluding hydrogens is 239 g/mol. The number of halogens is 1. The number of hydrogen-bond acceptors (Lipinski definition) is 2. The highest BCUT2D eigenvalue weighted by Gasteiger charge is 2.09. The van der Waals surface area contributed by atoms with Crippen molar-refractivity contribution in [3.8, 4) is 0 Å². The highest BCUT2D eigenvalue weighted by Crippen LogP contribution is 2.14. The molecule has 0 saturated heterocycles. The SMILES string of the molecule is CCNCc1ccc(F)c(CN(C)CC(C)CC)c1. The van der Waals surface area contributed by atoms with Gasteiger partial charge in [0.1, 0.15) is 5.82 Å². The minimum Gasteiger partial charge on any atom is -0.313 e. The van der Waals surface area contributed by atoms with Crippen LogP contribution in [0.4, 0.5) is 4.39 Å². The molecule has 0 radical (unpaired) electrons. The summed E-state index contributed by atoms with van der Waals surface area (Å²) in [5, 5.41) is 3.27. The van der Waals surface area contributed by atoms with Crippen molar-refractivity contribution < 1.29 is 4.39 Å². The molecule has 1 aromatic carbocycles. The molecule has 0 aliphatic heterocycles. The molecule has 0 saturated carbocycles. The van der Waals surface area contributed by atoms with Crippen LogP contribution in [0, 0.1) is 11.7 Å². The summed E-state index contributed by atoms with van der Waals surface area (Å²) in [7, 11) is 2.06. The van der Waals surface area contributed by atoms with Crippen molar-refractivity contribution in [3.05, 3.63) is 35.1 Å². The van der Waals surface area contributed by atoms with Crippen molar-refractivity contribution in [3.63, 3.8) is 0 Å². The van der Waals surface area contributed by atoms with E-state index in [0.717, 1.165) is 37.2 Å². The molecule has 0 heterocycles. The van der Waals surface area contributed by atoms with Gasteiger partial charge < -0.3 is 10.2 Å². The molecule has 0 aliphatic carbocycles. The zero-order chi connectivity index (χ0) is 14.3. The van der Waals surface area contributed by atoms with Gasteiger partial charge in [0.15, 0.2) is 0 Å². The first-order valence-corrected chi connectivity index (χ1v) is 7.23. The molecule has 0 amide bonds. The van der Waals surface area contributed by atoms with E-state index in [9.17, 15) is 4.39 Å². The molecule has 0 aliphatic rings. The standard InChI is InChI=1S/C16H27FN2/c1-5-13(3)11-19(4)12-15-9-14(10-18-6-2)7-8-16(15)17/h7-9,13,18H,5-6,10-12H2,1-4H3. The lowest BCUT2D eigenvalue weighted by molar-refractivity contribution is 0.271. The van der Waals surface area contributed by atoms with Crippen molar-refractivity contribution in [2.45, 2.75) is 40.3 Å². The van der Waals surface area contributed by atoms with Crippen molar-refractivity contribution >= 4 is 0 Å². The van der Waals surface area contributed by atoms with Crippen LogP contribution in [0.25, 0.3) is 0 Å². The largest absolute Gasteiger partial charge is 0.313 e. The minimum atomic E-state index is -0.101. The van der Waals surface area contributed by atoms with E-state index in [2.05, 4.69) is 38.0 Å². The second-order valence-corrected chi connectivity index (χ2v) is 5.42. The Balaban J connectivity index is 2.65. The third-order valence-electron chi connectivity index (χ3n) is 3.45. The van der Waals surface area contributed by atoms with Crippen molar-refractivity contribution in [2.24, 2.45) is 5.92 Å². The number of hydrogen-bond donors (Lipinski definition) is 1. The van der Waals surface area contributed by atoms with Crippen LogP contribution in [0.2, 0.25) is 0 Å². The van der Waals surface area contributed by atoms with E-state index in [1.54, 1.807) is 6.07 Å². The van der Waals surface area contributed by atoms with Crippen LogP contribution in [0.1, 0.15) is 38.3 Å². The van der Waals surface area contributed by atoms with Gasteiger partial charge in [-0.1, -0.05) is 39.3 Å². The molecule has 19 heavy (non-hydrogen) atoms. The van der Waals surface area contributed by atoms with Gasteiger partial charge in [0.25, 0.3) is 0 Å². The van der Waals surface area contributed by atoms with Gasteiger partial charge in [0.05, 0.1) is 0 Å². The first kappa shape index (κ1) is 16.1. The first-order valence-electron chi connectivity index (χ1n) is 7.23. The zero-order valence-corrected chi connectivity index (χ0v) is 12.7. The van der Waals surface area contributed by atoms with Crippen LogP contribution in [0.3, 0.4) is 0 Å². The first-order chi connectivity index (χ1) is 9.06. The van der Waals surface area contributed by atoms with Gasteiger partial charge in [-0.3, -0.25) is 0 Å². The van der Waals surface area contributed by atoms with E-state index >= 15 is 0 Å². The minimum absolute atomic E-state index is 0.101. The van der Waals surface area contributed by atoms with Gasteiger partial charge in [-0.25, -0.2) is 4.39 Å². The Bertz CT molecular complexity index is 379. The van der Waals surface area contributed by atoms with Crippen molar-refractivity contribution in [1.29, 1.82) is 0 Å². The predicted octanol–water partition coefficient (Wildman–Crippen LogP) is 3.41. The fraction of sp³-hybridized carbons (Fsp3) is 0.625. The second kappa shape index (κ2) is 8.28. The molecule has 1 rings (SSSR count). The quantitative estimate of drug-likeness (QED) is 0.775. The highest BCUT2D eigenvalue weighted by atomic mass is 19.1. The number of nitrogens with zero attached hydrogens (tertiary/aromatic N) is 1. The molecule has 108 valence electrons. The molecule has 0 fully saturated rings. The Morgan fingerprint density at radius 1 is 1.32 bits per heavy atom. The maximum atomic E-state index is 13.8. The van der Waals surface area contributed by atoms with E-state index in [1.165, 1.54) is 0 Å². The Kier molecular flexibility index (Phi) is 7.03. The average Bonchev–Trinajstić information content (AvgIpc) is 2.39. The van der Waals surface area contributed by atoms with Crippen LogP contribution in [-0.2, 0) is 13.1 Å². The van der Waals surface area contributed by atoms with Crippen LogP contribution in [-0.4, -0.2) is 25.0 Å². The molecule has 0 bridgehead atoms. The van der Waals surface area contributed by atoms with Crippen LogP contribution in [0.5, 0.6) is 0 Å². The van der Waals surface area contributed by atoms with E-state index in [1.807, 2.05) is 12.1 Å². The molecule has 2 nitrogen and oxygen atoms in total. The lowest BCUT2D eigenvalue weighted by Gasteiger charge is -2.21. The summed E-state index contributed by atoms with van der Waals surface area (Å²) in [5.41, 5.74) is 1.94. The maximum Gasteiger partial charge on any atom is 0.127 e. The second-order valence-electron chi connectivity index (χ2n) is 5.42. The predicted molar refractivity (Wildman–Crippen MR) is 79.6 cm³/mol. The topological polar surface area (TPSA) is 15.3 Å². The summed E-state index contributed by atoms with van der Waals surface area (Å²) < 4.78 is 13.8. The third kappa shape index (κ3) is 5.70. The molecule has 3 heteroatoms. The highest BCUT2D eigenvalue weighted by molar-refractivity contribution is 5.25. The summed E-state index contributed by atoms with van der Waals surface area (Å²) in [5.74, 6) is 0.550. The number of rotatable bonds is 8. The van der Waals surface area contributed by atoms with Crippen LogP contribution in [0.15, 0.2) is 18.2 Å². The Morgan fingerprint density at radius 3 is 2.68 bits per heavy atom. The van der Waals surface area contributed by atoms with E-state index in [4.69, 9.17) is 0 Å². The van der Waals surface area contributed by atoms with Gasteiger partial charge in [0.2, 0.25) is 0 Å².